The van der Waals surface area contributed by atoms with Crippen LogP contribution in [0.5, 0.6) is 11.5 Å². The van der Waals surface area contributed by atoms with E-state index in [-0.39, 0.29) is 24.8 Å². The highest BCUT2D eigenvalue weighted by Crippen LogP contribution is 2.36. The Labute approximate surface area is 161 Å². The highest BCUT2D eigenvalue weighted by Gasteiger charge is 2.24. The Balaban J connectivity index is 0.00000156. The van der Waals surface area contributed by atoms with Gasteiger partial charge in [0.2, 0.25) is 0 Å². The fourth-order valence-electron chi connectivity index (χ4n) is 3.50. The molecule has 0 spiro atoms. The molecule has 2 N–H and O–H groups in total. The minimum atomic E-state index is 0. The third-order valence-corrected chi connectivity index (χ3v) is 4.76. The Kier molecular flexibility index (Phi) is 8.56. The minimum Gasteiger partial charge on any atom is -0.497 e. The molecule has 1 aromatic carbocycles. The average molecular weight is 388 g/mol. The van der Waals surface area contributed by atoms with Crippen LogP contribution in [-0.2, 0) is 0 Å². The van der Waals surface area contributed by atoms with Crippen LogP contribution in [0.4, 0.5) is 0 Å². The van der Waals surface area contributed by atoms with Gasteiger partial charge in [0.1, 0.15) is 17.3 Å². The first kappa shape index (κ1) is 21.6. The van der Waals surface area contributed by atoms with Gasteiger partial charge in [-0.25, -0.2) is 4.98 Å². The summed E-state index contributed by atoms with van der Waals surface area (Å²) in [5.74, 6) is 3.13. The van der Waals surface area contributed by atoms with Crippen molar-refractivity contribution in [1.29, 1.82) is 0 Å². The van der Waals surface area contributed by atoms with E-state index in [0.717, 1.165) is 35.9 Å². The molecule has 5 nitrogen and oxygen atoms in total. The van der Waals surface area contributed by atoms with E-state index in [1.807, 2.05) is 24.4 Å². The van der Waals surface area contributed by atoms with Gasteiger partial charge in [-0.3, -0.25) is 0 Å². The second kappa shape index (κ2) is 9.90. The Morgan fingerprint density at radius 3 is 2.40 bits per heavy atom. The summed E-state index contributed by atoms with van der Waals surface area (Å²) in [6.45, 7) is 0.771. The molecule has 0 bridgehead atoms. The molecule has 0 unspecified atom stereocenters. The topological polar surface area (TPSA) is 62.3 Å². The number of imidazole rings is 1. The van der Waals surface area contributed by atoms with Crippen LogP contribution in [0.25, 0.3) is 11.4 Å². The van der Waals surface area contributed by atoms with Gasteiger partial charge < -0.3 is 19.8 Å². The average Bonchev–Trinajstić information content (AvgIpc) is 3.11. The minimum absolute atomic E-state index is 0. The first-order chi connectivity index (χ1) is 11.2. The third-order valence-electron chi connectivity index (χ3n) is 4.76. The largest absolute Gasteiger partial charge is 0.497 e. The fraction of sp³-hybridized carbons (Fsp3) is 0.500. The predicted molar refractivity (Wildman–Crippen MR) is 105 cm³/mol. The molecule has 140 valence electrons. The third kappa shape index (κ3) is 4.81. The zero-order valence-corrected chi connectivity index (χ0v) is 16.3. The standard InChI is InChI=1S/C18H25N3O2.2ClH/c1-22-16-9-14(10-17(11-16)23-2)18-20-6-7-21(18)15-5-3-4-13(8-15)12-19;;/h6-7,9-11,13,15H,3-5,8,12,19H2,1-2H3;2*1H/t13-,15+;;/m0../s1. The smallest absolute Gasteiger partial charge is 0.140 e. The van der Waals surface area contributed by atoms with Crippen molar-refractivity contribution in [2.24, 2.45) is 11.7 Å². The molecular formula is C18H27Cl2N3O2. The number of methoxy groups -OCH3 is 2. The Morgan fingerprint density at radius 1 is 1.12 bits per heavy atom. The van der Waals surface area contributed by atoms with Gasteiger partial charge in [-0.1, -0.05) is 6.42 Å². The number of ether oxygens (including phenoxy) is 2. The Morgan fingerprint density at radius 2 is 1.80 bits per heavy atom. The molecule has 1 aliphatic carbocycles. The van der Waals surface area contributed by atoms with Gasteiger partial charge in [0.25, 0.3) is 0 Å². The molecule has 1 aromatic heterocycles. The molecule has 7 heteroatoms. The van der Waals surface area contributed by atoms with E-state index < -0.39 is 0 Å². The highest BCUT2D eigenvalue weighted by molar-refractivity contribution is 5.85. The van der Waals surface area contributed by atoms with Crippen LogP contribution in [0.2, 0.25) is 0 Å². The first-order valence-electron chi connectivity index (χ1n) is 8.21. The van der Waals surface area contributed by atoms with Crippen molar-refractivity contribution < 1.29 is 9.47 Å². The number of halogens is 2. The lowest BCUT2D eigenvalue weighted by Gasteiger charge is -2.30. The van der Waals surface area contributed by atoms with E-state index in [1.165, 1.54) is 19.3 Å². The maximum Gasteiger partial charge on any atom is 0.140 e. The van der Waals surface area contributed by atoms with Crippen molar-refractivity contribution in [1.82, 2.24) is 9.55 Å². The number of rotatable bonds is 5. The van der Waals surface area contributed by atoms with Gasteiger partial charge >= 0.3 is 0 Å². The lowest BCUT2D eigenvalue weighted by Crippen LogP contribution is -2.24. The van der Waals surface area contributed by atoms with Gasteiger partial charge in [-0.15, -0.1) is 24.8 Å². The van der Waals surface area contributed by atoms with E-state index >= 15 is 0 Å². The molecule has 0 radical (unpaired) electrons. The summed E-state index contributed by atoms with van der Waals surface area (Å²) < 4.78 is 13.1. The monoisotopic (exact) mass is 387 g/mol. The molecule has 3 rings (SSSR count). The van der Waals surface area contributed by atoms with Crippen LogP contribution >= 0.6 is 24.8 Å². The Hall–Kier alpha value is -1.43. The van der Waals surface area contributed by atoms with Gasteiger partial charge in [0.15, 0.2) is 0 Å². The normalized spacial score (nSPS) is 19.5. The molecule has 0 amide bonds. The van der Waals surface area contributed by atoms with Crippen LogP contribution in [0, 0.1) is 5.92 Å². The number of benzene rings is 1. The van der Waals surface area contributed by atoms with Crippen LogP contribution in [0.1, 0.15) is 31.7 Å². The molecule has 2 atom stereocenters. The van der Waals surface area contributed by atoms with Gasteiger partial charge in [-0.05, 0) is 43.9 Å². The van der Waals surface area contributed by atoms with E-state index in [1.54, 1.807) is 14.2 Å². The molecule has 1 fully saturated rings. The second-order valence-electron chi connectivity index (χ2n) is 6.18. The maximum atomic E-state index is 5.89. The maximum absolute atomic E-state index is 5.89. The van der Waals surface area contributed by atoms with Crippen molar-refractivity contribution in [3.63, 3.8) is 0 Å². The van der Waals surface area contributed by atoms with Crippen molar-refractivity contribution >= 4 is 24.8 Å². The van der Waals surface area contributed by atoms with Crippen LogP contribution in [0.15, 0.2) is 30.6 Å². The van der Waals surface area contributed by atoms with Gasteiger partial charge in [0.05, 0.1) is 14.2 Å². The molecule has 0 saturated heterocycles. The SMILES string of the molecule is COc1cc(OC)cc(-c2nccn2[C@@H]2CCC[C@H](CN)C2)c1.Cl.Cl. The number of hydrogen-bond acceptors (Lipinski definition) is 4. The van der Waals surface area contributed by atoms with Crippen molar-refractivity contribution in [3.05, 3.63) is 30.6 Å². The highest BCUT2D eigenvalue weighted by atomic mass is 35.5. The molecule has 1 heterocycles. The molecular weight excluding hydrogens is 361 g/mol. The number of hydrogen-bond donors (Lipinski definition) is 1. The zero-order valence-electron chi connectivity index (χ0n) is 14.7. The fourth-order valence-corrected chi connectivity index (χ4v) is 3.50. The summed E-state index contributed by atoms with van der Waals surface area (Å²) in [5, 5.41) is 0. The summed E-state index contributed by atoms with van der Waals surface area (Å²) in [5.41, 5.74) is 6.90. The zero-order chi connectivity index (χ0) is 16.2. The van der Waals surface area contributed by atoms with E-state index in [4.69, 9.17) is 15.2 Å². The molecule has 0 aliphatic heterocycles. The van der Waals surface area contributed by atoms with Crippen molar-refractivity contribution in [2.45, 2.75) is 31.7 Å². The molecule has 1 saturated carbocycles. The quantitative estimate of drug-likeness (QED) is 0.838. The number of nitrogens with zero attached hydrogens (tertiary/aromatic N) is 2. The summed E-state index contributed by atoms with van der Waals surface area (Å²) >= 11 is 0. The Bertz CT molecular complexity index is 641. The van der Waals surface area contributed by atoms with E-state index in [2.05, 4.69) is 15.7 Å². The number of nitrogens with two attached hydrogens (primary N) is 1. The number of aromatic nitrogens is 2. The van der Waals surface area contributed by atoms with Crippen molar-refractivity contribution in [2.75, 3.05) is 20.8 Å². The van der Waals surface area contributed by atoms with Crippen LogP contribution in [0.3, 0.4) is 0 Å². The molecule has 1 aliphatic rings. The van der Waals surface area contributed by atoms with E-state index in [0.29, 0.717) is 12.0 Å². The lowest BCUT2D eigenvalue weighted by atomic mass is 9.85. The lowest BCUT2D eigenvalue weighted by molar-refractivity contribution is 0.273. The van der Waals surface area contributed by atoms with E-state index in [9.17, 15) is 0 Å². The summed E-state index contributed by atoms with van der Waals surface area (Å²) in [7, 11) is 3.33. The first-order valence-corrected chi connectivity index (χ1v) is 8.21. The van der Waals surface area contributed by atoms with Crippen LogP contribution < -0.4 is 15.2 Å². The predicted octanol–water partition coefficient (Wildman–Crippen LogP) is 4.10. The molecule has 25 heavy (non-hydrogen) atoms. The van der Waals surface area contributed by atoms with Crippen molar-refractivity contribution in [3.8, 4) is 22.9 Å². The van der Waals surface area contributed by atoms with Crippen LogP contribution in [-0.4, -0.2) is 30.3 Å². The molecule has 2 aromatic rings. The summed E-state index contributed by atoms with van der Waals surface area (Å²) in [4.78, 5) is 4.58. The second-order valence-corrected chi connectivity index (χ2v) is 6.18. The van der Waals surface area contributed by atoms with Gasteiger partial charge in [0, 0.05) is 30.1 Å². The van der Waals surface area contributed by atoms with Gasteiger partial charge in [-0.2, -0.15) is 0 Å². The summed E-state index contributed by atoms with van der Waals surface area (Å²) in [6, 6.07) is 6.35. The summed E-state index contributed by atoms with van der Waals surface area (Å²) in [6.07, 6.45) is 8.72.